The van der Waals surface area contributed by atoms with Gasteiger partial charge in [0.15, 0.2) is 0 Å². The molecule has 2 aliphatic heterocycles. The van der Waals surface area contributed by atoms with Gasteiger partial charge >= 0.3 is 0 Å². The van der Waals surface area contributed by atoms with E-state index in [0.717, 1.165) is 45.8 Å². The smallest absolute Gasteiger partial charge is 0.251 e. The number of methoxy groups -OCH3 is 1. The van der Waals surface area contributed by atoms with Crippen LogP contribution in [0.1, 0.15) is 36.5 Å². The summed E-state index contributed by atoms with van der Waals surface area (Å²) in [4.78, 5) is 29.9. The number of ether oxygens (including phenoxy) is 3. The molecule has 8 nitrogen and oxygen atoms in total. The number of carbonyl (C=O) groups is 2. The van der Waals surface area contributed by atoms with Crippen LogP contribution in [0, 0.1) is 0 Å². The molecule has 5 rings (SSSR count). The van der Waals surface area contributed by atoms with Gasteiger partial charge in [-0.25, -0.2) is 0 Å². The van der Waals surface area contributed by atoms with E-state index >= 15 is 0 Å². The van der Waals surface area contributed by atoms with E-state index in [2.05, 4.69) is 5.32 Å². The number of hydrogen-bond acceptors (Lipinski definition) is 6. The second-order valence-electron chi connectivity index (χ2n) is 11.6. The summed E-state index contributed by atoms with van der Waals surface area (Å²) in [6.45, 7) is 4.81. The minimum absolute atomic E-state index is 0.0283. The fourth-order valence-corrected chi connectivity index (χ4v) is 6.26. The zero-order valence-electron chi connectivity index (χ0n) is 26.3. The zero-order valence-corrected chi connectivity index (χ0v) is 27.0. The normalized spacial score (nSPS) is 17.6. The van der Waals surface area contributed by atoms with Crippen LogP contribution in [0.5, 0.6) is 11.5 Å². The first-order valence-corrected chi connectivity index (χ1v) is 15.9. The Morgan fingerprint density at radius 3 is 2.44 bits per heavy atom. The number of carbonyl (C=O) groups excluding carboxylic acids is 2. The van der Waals surface area contributed by atoms with Gasteiger partial charge in [0, 0.05) is 62.2 Å². The summed E-state index contributed by atoms with van der Waals surface area (Å²) in [6.07, 6.45) is 2.06. The van der Waals surface area contributed by atoms with E-state index in [-0.39, 0.29) is 23.9 Å². The minimum Gasteiger partial charge on any atom is -0.496 e. The number of fused-ring (bicyclic) bond motifs is 2. The zero-order chi connectivity index (χ0) is 31.8. The average Bonchev–Trinajstić information content (AvgIpc) is 3.05. The van der Waals surface area contributed by atoms with Crippen molar-refractivity contribution < 1.29 is 23.8 Å². The molecule has 0 aromatic heterocycles. The van der Waals surface area contributed by atoms with Gasteiger partial charge in [0.05, 0.1) is 33.0 Å². The molecule has 2 amide bonds. The first kappa shape index (κ1) is 32.5. The number of benzene rings is 3. The maximum Gasteiger partial charge on any atom is 0.251 e. The van der Waals surface area contributed by atoms with Crippen molar-refractivity contribution in [3.63, 3.8) is 0 Å². The third-order valence-corrected chi connectivity index (χ3v) is 8.82. The number of para-hydroxylation sites is 1. The lowest BCUT2D eigenvalue weighted by Gasteiger charge is -2.44. The quantitative estimate of drug-likeness (QED) is 0.255. The topological polar surface area (TPSA) is 80.3 Å². The largest absolute Gasteiger partial charge is 0.496 e. The molecular weight excluding hydrogens is 590 g/mol. The van der Waals surface area contributed by atoms with Crippen molar-refractivity contribution in [1.82, 2.24) is 15.1 Å². The lowest BCUT2D eigenvalue weighted by molar-refractivity contribution is -0.132. The summed E-state index contributed by atoms with van der Waals surface area (Å²) in [5.74, 6) is 1.59. The summed E-state index contributed by atoms with van der Waals surface area (Å²) < 4.78 is 17.2. The summed E-state index contributed by atoms with van der Waals surface area (Å²) in [6, 6.07) is 23.4. The van der Waals surface area contributed by atoms with Crippen molar-refractivity contribution >= 4 is 29.0 Å². The Bertz CT molecular complexity index is 1510. The molecule has 0 unspecified atom stereocenters. The number of hydrogen-bond donors (Lipinski definition) is 1. The molecule has 2 bridgehead atoms. The molecule has 45 heavy (non-hydrogen) atoms. The van der Waals surface area contributed by atoms with Crippen LogP contribution in [0.2, 0.25) is 5.02 Å². The van der Waals surface area contributed by atoms with Gasteiger partial charge in [-0.1, -0.05) is 60.1 Å². The van der Waals surface area contributed by atoms with E-state index < -0.39 is 0 Å². The first-order chi connectivity index (χ1) is 21.8. The van der Waals surface area contributed by atoms with E-state index in [1.165, 1.54) is 0 Å². The van der Waals surface area contributed by atoms with Crippen LogP contribution < -0.4 is 14.8 Å². The lowest BCUT2D eigenvalue weighted by atomic mass is 9.83. The Morgan fingerprint density at radius 2 is 1.71 bits per heavy atom. The second kappa shape index (κ2) is 15.4. The number of likely N-dealkylation sites (N-methyl/N-ethyl adjacent to an activating group) is 1. The van der Waals surface area contributed by atoms with E-state index in [9.17, 15) is 9.59 Å². The van der Waals surface area contributed by atoms with Gasteiger partial charge in [0.25, 0.3) is 5.91 Å². The molecular formula is C36H42ClN3O5. The molecule has 0 spiro atoms. The molecule has 2 aliphatic rings. The SMILES string of the molecule is COc1ccccc1COCCCOc1ccc(C2=C(C(=O)N(C)CCc3ccccc3Cl)[C@H]3CN(C(C)=O)C[C@@H](C2)N3)cc1. The van der Waals surface area contributed by atoms with E-state index in [4.69, 9.17) is 25.8 Å². The van der Waals surface area contributed by atoms with Crippen LogP contribution in [0.25, 0.3) is 5.57 Å². The van der Waals surface area contributed by atoms with Gasteiger partial charge in [-0.2, -0.15) is 0 Å². The van der Waals surface area contributed by atoms with Crippen molar-refractivity contribution in [2.45, 2.75) is 44.9 Å². The second-order valence-corrected chi connectivity index (χ2v) is 12.0. The molecule has 3 aromatic rings. The molecule has 1 fully saturated rings. The number of piperazine rings is 1. The highest BCUT2D eigenvalue weighted by Crippen LogP contribution is 2.35. The summed E-state index contributed by atoms with van der Waals surface area (Å²) >= 11 is 6.37. The molecule has 0 radical (unpaired) electrons. The number of amides is 2. The third kappa shape index (κ3) is 8.25. The van der Waals surface area contributed by atoms with Gasteiger partial charge in [0.2, 0.25) is 5.91 Å². The Balaban J connectivity index is 1.24. The van der Waals surface area contributed by atoms with Crippen LogP contribution in [-0.4, -0.2) is 80.7 Å². The molecule has 1 saturated heterocycles. The maximum atomic E-state index is 14.0. The Kier molecular flexibility index (Phi) is 11.2. The molecule has 3 aromatic carbocycles. The number of nitrogens with zero attached hydrogens (tertiary/aromatic N) is 2. The summed E-state index contributed by atoms with van der Waals surface area (Å²) in [5.41, 5.74) is 4.77. The van der Waals surface area contributed by atoms with Crippen LogP contribution >= 0.6 is 11.6 Å². The Labute approximate surface area is 270 Å². The van der Waals surface area contributed by atoms with Crippen molar-refractivity contribution in [3.05, 3.63) is 100 Å². The van der Waals surface area contributed by atoms with Gasteiger partial charge in [0.1, 0.15) is 11.5 Å². The van der Waals surface area contributed by atoms with Gasteiger partial charge in [-0.3, -0.25) is 9.59 Å². The predicted octanol–water partition coefficient (Wildman–Crippen LogP) is 5.38. The van der Waals surface area contributed by atoms with Crippen LogP contribution in [-0.2, 0) is 27.4 Å². The molecule has 2 heterocycles. The third-order valence-electron chi connectivity index (χ3n) is 8.46. The monoisotopic (exact) mass is 631 g/mol. The first-order valence-electron chi connectivity index (χ1n) is 15.5. The Morgan fingerprint density at radius 1 is 0.978 bits per heavy atom. The van der Waals surface area contributed by atoms with Crippen LogP contribution in [0.15, 0.2) is 78.4 Å². The fourth-order valence-electron chi connectivity index (χ4n) is 6.03. The van der Waals surface area contributed by atoms with Crippen molar-refractivity contribution in [3.8, 4) is 11.5 Å². The van der Waals surface area contributed by atoms with E-state index in [1.807, 2.05) is 84.7 Å². The number of rotatable bonds is 13. The van der Waals surface area contributed by atoms with Gasteiger partial charge in [-0.15, -0.1) is 0 Å². The van der Waals surface area contributed by atoms with Crippen LogP contribution in [0.4, 0.5) is 0 Å². The highest BCUT2D eigenvalue weighted by atomic mass is 35.5. The summed E-state index contributed by atoms with van der Waals surface area (Å²) in [7, 11) is 3.49. The highest BCUT2D eigenvalue weighted by molar-refractivity contribution is 6.31. The number of halogens is 1. The maximum absolute atomic E-state index is 14.0. The van der Waals surface area contributed by atoms with Gasteiger partial charge in [-0.05, 0) is 53.8 Å². The summed E-state index contributed by atoms with van der Waals surface area (Å²) in [5, 5.41) is 4.32. The lowest BCUT2D eigenvalue weighted by Crippen LogP contribution is -2.61. The molecule has 238 valence electrons. The van der Waals surface area contributed by atoms with Gasteiger partial charge < -0.3 is 29.3 Å². The van der Waals surface area contributed by atoms with E-state index in [0.29, 0.717) is 57.3 Å². The van der Waals surface area contributed by atoms with Crippen molar-refractivity contribution in [2.75, 3.05) is 47.0 Å². The number of nitrogens with one attached hydrogen (secondary N) is 1. The molecule has 1 N–H and O–H groups in total. The molecule has 2 atom stereocenters. The average molecular weight is 632 g/mol. The highest BCUT2D eigenvalue weighted by Gasteiger charge is 2.39. The predicted molar refractivity (Wildman–Crippen MR) is 176 cm³/mol. The molecule has 0 saturated carbocycles. The van der Waals surface area contributed by atoms with Crippen molar-refractivity contribution in [2.24, 2.45) is 0 Å². The van der Waals surface area contributed by atoms with Crippen LogP contribution in [0.3, 0.4) is 0 Å². The minimum atomic E-state index is -0.238. The van der Waals surface area contributed by atoms with Crippen molar-refractivity contribution in [1.29, 1.82) is 0 Å². The molecule has 0 aliphatic carbocycles. The van der Waals surface area contributed by atoms with E-state index in [1.54, 1.807) is 18.9 Å². The Hall–Kier alpha value is -3.85. The standard InChI is InChI=1S/C36H42ClN3O5/c1-25(41)40-22-29-21-31(35(33(23-40)38-29)36(42)39(2)18-17-27-9-4-6-11-32(27)37)26-13-15-30(16-14-26)45-20-8-19-44-24-28-10-5-7-12-34(28)43-3/h4-7,9-16,29,33,38H,8,17-24H2,1-3H3/t29-,33-/m1/s1. The fraction of sp³-hybridized carbons (Fsp3) is 0.389. The molecule has 9 heteroatoms.